The molecule has 0 spiro atoms. The molecule has 2 rings (SSSR count). The molecule has 3 unspecified atom stereocenters. The molecule has 0 aliphatic carbocycles. The van der Waals surface area contributed by atoms with Crippen molar-refractivity contribution >= 4 is 5.97 Å². The summed E-state index contributed by atoms with van der Waals surface area (Å²) in [6, 6.07) is 8.17. The Balaban J connectivity index is 1.92. The first-order valence-corrected chi connectivity index (χ1v) is 8.08. The lowest BCUT2D eigenvalue weighted by molar-refractivity contribution is -0.287. The first-order chi connectivity index (χ1) is 11.5. The van der Waals surface area contributed by atoms with E-state index in [0.717, 1.165) is 12.8 Å². The Bertz CT molecular complexity index is 507. The van der Waals surface area contributed by atoms with Crippen LogP contribution < -0.4 is 0 Å². The largest absolute Gasteiger partial charge is 0.450 e. The number of aliphatic hydroxyl groups is 3. The average molecular weight is 340 g/mol. The second-order valence-corrected chi connectivity index (χ2v) is 5.71. The number of ether oxygens (including phenoxy) is 3. The second-order valence-electron chi connectivity index (χ2n) is 5.71. The topological polar surface area (TPSA) is 105 Å². The van der Waals surface area contributed by atoms with Gasteiger partial charge in [0.1, 0.15) is 18.3 Å². The van der Waals surface area contributed by atoms with Crippen molar-refractivity contribution in [3.05, 3.63) is 35.9 Å². The van der Waals surface area contributed by atoms with Gasteiger partial charge in [-0.25, -0.2) is 4.79 Å². The van der Waals surface area contributed by atoms with Crippen molar-refractivity contribution in [2.75, 3.05) is 13.2 Å². The third kappa shape index (κ3) is 4.75. The molecule has 134 valence electrons. The van der Waals surface area contributed by atoms with E-state index in [2.05, 4.69) is 0 Å². The molecule has 1 aromatic carbocycles. The summed E-state index contributed by atoms with van der Waals surface area (Å²) in [5.41, 5.74) is 0.274. The highest BCUT2D eigenvalue weighted by Crippen LogP contribution is 2.23. The van der Waals surface area contributed by atoms with Gasteiger partial charge in [0, 0.05) is 6.61 Å². The van der Waals surface area contributed by atoms with Crippen molar-refractivity contribution in [2.24, 2.45) is 0 Å². The molecule has 24 heavy (non-hydrogen) atoms. The zero-order valence-corrected chi connectivity index (χ0v) is 13.6. The summed E-state index contributed by atoms with van der Waals surface area (Å²) in [6.45, 7) is 2.56. The van der Waals surface area contributed by atoms with Gasteiger partial charge >= 0.3 is 5.97 Å². The van der Waals surface area contributed by atoms with Crippen LogP contribution in [0, 0.1) is 0 Å². The molecule has 5 atom stereocenters. The Hall–Kier alpha value is -1.51. The van der Waals surface area contributed by atoms with E-state index < -0.39 is 36.7 Å². The Morgan fingerprint density at radius 1 is 1.17 bits per heavy atom. The molecule has 0 saturated carbocycles. The van der Waals surface area contributed by atoms with Crippen molar-refractivity contribution in [3.63, 3.8) is 0 Å². The summed E-state index contributed by atoms with van der Waals surface area (Å²) in [5, 5.41) is 30.3. The molecular weight excluding hydrogens is 316 g/mol. The summed E-state index contributed by atoms with van der Waals surface area (Å²) in [6.07, 6.45) is -4.78. The van der Waals surface area contributed by atoms with E-state index in [1.807, 2.05) is 6.92 Å². The zero-order chi connectivity index (χ0) is 17.5. The van der Waals surface area contributed by atoms with E-state index >= 15 is 0 Å². The van der Waals surface area contributed by atoms with Crippen LogP contribution in [0.3, 0.4) is 0 Å². The molecule has 1 saturated heterocycles. The van der Waals surface area contributed by atoms with Gasteiger partial charge in [0.25, 0.3) is 0 Å². The zero-order valence-electron chi connectivity index (χ0n) is 13.6. The van der Waals surface area contributed by atoms with Crippen LogP contribution in [0.4, 0.5) is 0 Å². The highest BCUT2D eigenvalue weighted by molar-refractivity contribution is 5.89. The minimum Gasteiger partial charge on any atom is -0.450 e. The summed E-state index contributed by atoms with van der Waals surface area (Å²) in [5.74, 6) is -0.716. The monoisotopic (exact) mass is 340 g/mol. The summed E-state index contributed by atoms with van der Waals surface area (Å²) in [4.78, 5) is 12.0. The molecule has 1 aliphatic rings. The Labute approximate surface area is 140 Å². The quantitative estimate of drug-likeness (QED) is 0.489. The molecule has 0 bridgehead atoms. The van der Waals surface area contributed by atoms with E-state index in [9.17, 15) is 20.1 Å². The van der Waals surface area contributed by atoms with Gasteiger partial charge in [-0.15, -0.1) is 0 Å². The van der Waals surface area contributed by atoms with E-state index in [-0.39, 0.29) is 12.2 Å². The predicted octanol–water partition coefficient (Wildman–Crippen LogP) is 0.468. The molecule has 0 aromatic heterocycles. The molecule has 1 fully saturated rings. The number of carbonyl (C=O) groups excluding carboxylic acids is 1. The van der Waals surface area contributed by atoms with Crippen molar-refractivity contribution in [1.29, 1.82) is 0 Å². The van der Waals surface area contributed by atoms with E-state index in [1.54, 1.807) is 30.3 Å². The Morgan fingerprint density at radius 2 is 1.88 bits per heavy atom. The molecule has 0 radical (unpaired) electrons. The molecule has 1 heterocycles. The van der Waals surface area contributed by atoms with Crippen molar-refractivity contribution in [1.82, 2.24) is 0 Å². The van der Waals surface area contributed by atoms with Crippen LogP contribution in [0.25, 0.3) is 0 Å². The lowest BCUT2D eigenvalue weighted by Gasteiger charge is -2.39. The summed E-state index contributed by atoms with van der Waals surface area (Å²) in [7, 11) is 0. The highest BCUT2D eigenvalue weighted by atomic mass is 16.7. The normalized spacial score (nSPS) is 30.1. The molecule has 7 nitrogen and oxygen atoms in total. The van der Waals surface area contributed by atoms with Gasteiger partial charge in [0.15, 0.2) is 12.4 Å². The number of rotatable bonds is 7. The van der Waals surface area contributed by atoms with E-state index in [1.165, 1.54) is 0 Å². The van der Waals surface area contributed by atoms with Crippen molar-refractivity contribution in [2.45, 2.75) is 50.5 Å². The smallest absolute Gasteiger partial charge is 0.338 e. The fourth-order valence-electron chi connectivity index (χ4n) is 2.40. The van der Waals surface area contributed by atoms with Gasteiger partial charge in [-0.05, 0) is 18.6 Å². The Kier molecular flexibility index (Phi) is 7.14. The van der Waals surface area contributed by atoms with Gasteiger partial charge in [0.05, 0.1) is 12.2 Å². The minimum atomic E-state index is -1.55. The van der Waals surface area contributed by atoms with Crippen LogP contribution in [0.5, 0.6) is 0 Å². The minimum absolute atomic E-state index is 0.0363. The lowest BCUT2D eigenvalue weighted by atomic mass is 9.99. The van der Waals surface area contributed by atoms with Crippen molar-refractivity contribution in [3.8, 4) is 0 Å². The third-order valence-corrected chi connectivity index (χ3v) is 3.84. The SMILES string of the molecule is CCCCOCC1O[C@H](O)C(OC(=O)c2ccccc2)C(O)[C@@H]1O. The number of hydrogen-bond donors (Lipinski definition) is 3. The maximum Gasteiger partial charge on any atom is 0.338 e. The van der Waals surface area contributed by atoms with Gasteiger partial charge in [-0.3, -0.25) is 0 Å². The molecule has 1 aliphatic heterocycles. The van der Waals surface area contributed by atoms with Crippen LogP contribution in [0.15, 0.2) is 30.3 Å². The fourth-order valence-corrected chi connectivity index (χ4v) is 2.40. The number of unbranched alkanes of at least 4 members (excludes halogenated alkanes) is 1. The molecule has 1 aromatic rings. The fraction of sp³-hybridized carbons (Fsp3) is 0.588. The van der Waals surface area contributed by atoms with Crippen LogP contribution >= 0.6 is 0 Å². The maximum atomic E-state index is 12.0. The van der Waals surface area contributed by atoms with Crippen LogP contribution in [-0.4, -0.2) is 65.2 Å². The van der Waals surface area contributed by atoms with Gasteiger partial charge in [-0.2, -0.15) is 0 Å². The molecular formula is C17H24O7. The van der Waals surface area contributed by atoms with Crippen molar-refractivity contribution < 1.29 is 34.3 Å². The third-order valence-electron chi connectivity index (χ3n) is 3.84. The predicted molar refractivity (Wildman–Crippen MR) is 84.3 cm³/mol. The standard InChI is InChI=1S/C17H24O7/c1-2-3-9-22-10-12-13(18)14(19)15(17(21)23-12)24-16(20)11-7-5-4-6-8-11/h4-8,12-15,17-19,21H,2-3,9-10H2,1H3/t12?,13-,14?,15?,17+/m1/s1. The van der Waals surface area contributed by atoms with Gasteiger partial charge in [-0.1, -0.05) is 31.5 Å². The summed E-state index contributed by atoms with van der Waals surface area (Å²) < 4.78 is 15.7. The van der Waals surface area contributed by atoms with Gasteiger partial charge < -0.3 is 29.5 Å². The van der Waals surface area contributed by atoms with Gasteiger partial charge in [0.2, 0.25) is 0 Å². The first kappa shape index (κ1) is 18.8. The van der Waals surface area contributed by atoms with E-state index in [4.69, 9.17) is 14.2 Å². The second kappa shape index (κ2) is 9.10. The number of esters is 1. The highest BCUT2D eigenvalue weighted by Gasteiger charge is 2.46. The molecule has 3 N–H and O–H groups in total. The molecule has 7 heteroatoms. The summed E-state index contributed by atoms with van der Waals surface area (Å²) >= 11 is 0. The van der Waals surface area contributed by atoms with Crippen LogP contribution in [-0.2, 0) is 14.2 Å². The number of carbonyl (C=O) groups is 1. The first-order valence-electron chi connectivity index (χ1n) is 8.08. The number of benzene rings is 1. The Morgan fingerprint density at radius 3 is 2.54 bits per heavy atom. The van der Waals surface area contributed by atoms with Crippen LogP contribution in [0.2, 0.25) is 0 Å². The number of aliphatic hydroxyl groups excluding tert-OH is 3. The van der Waals surface area contributed by atoms with E-state index in [0.29, 0.717) is 6.61 Å². The number of hydrogen-bond acceptors (Lipinski definition) is 7. The van der Waals surface area contributed by atoms with Crippen LogP contribution in [0.1, 0.15) is 30.1 Å². The average Bonchev–Trinajstić information content (AvgIpc) is 2.60. The lowest BCUT2D eigenvalue weighted by Crippen LogP contribution is -2.59. The maximum absolute atomic E-state index is 12.0. The molecule has 0 amide bonds.